The van der Waals surface area contributed by atoms with Gasteiger partial charge in [-0.15, -0.1) is 0 Å². The van der Waals surface area contributed by atoms with Crippen LogP contribution in [-0.4, -0.2) is 61.0 Å². The number of rotatable bonds is 8. The minimum Gasteiger partial charge on any atom is -0.355 e. The van der Waals surface area contributed by atoms with Crippen LogP contribution in [0.3, 0.4) is 0 Å². The summed E-state index contributed by atoms with van der Waals surface area (Å²) in [5.41, 5.74) is 0. The zero-order chi connectivity index (χ0) is 16.5. The fourth-order valence-electron chi connectivity index (χ4n) is 4.21. The summed E-state index contributed by atoms with van der Waals surface area (Å²) >= 11 is 0. The van der Waals surface area contributed by atoms with Gasteiger partial charge in [0.15, 0.2) is 0 Å². The van der Waals surface area contributed by atoms with E-state index in [4.69, 9.17) is 0 Å². The van der Waals surface area contributed by atoms with Crippen molar-refractivity contribution in [1.82, 2.24) is 15.1 Å². The van der Waals surface area contributed by atoms with Gasteiger partial charge in [0.25, 0.3) is 0 Å². The molecule has 1 atom stereocenters. The van der Waals surface area contributed by atoms with Crippen LogP contribution >= 0.6 is 0 Å². The van der Waals surface area contributed by atoms with Crippen molar-refractivity contribution in [2.45, 2.75) is 83.2 Å². The fourth-order valence-corrected chi connectivity index (χ4v) is 4.21. The number of hydrogen-bond donors (Lipinski definition) is 1. The maximum Gasteiger partial charge on any atom is 0.237 e. The number of amides is 1. The van der Waals surface area contributed by atoms with Gasteiger partial charge < -0.3 is 10.2 Å². The summed E-state index contributed by atoms with van der Waals surface area (Å²) in [6.45, 7) is 6.28. The van der Waals surface area contributed by atoms with Gasteiger partial charge in [-0.1, -0.05) is 32.6 Å². The molecule has 1 saturated heterocycles. The molecule has 4 heteroatoms. The lowest BCUT2D eigenvalue weighted by Gasteiger charge is -2.34. The number of hydrogen-bond acceptors (Lipinski definition) is 3. The second kappa shape index (κ2) is 10.3. The number of nitrogens with zero attached hydrogens (tertiary/aromatic N) is 2. The van der Waals surface area contributed by atoms with Crippen LogP contribution in [0.5, 0.6) is 0 Å². The first-order chi connectivity index (χ1) is 11.2. The van der Waals surface area contributed by atoms with Gasteiger partial charge in [0, 0.05) is 12.6 Å². The molecule has 23 heavy (non-hydrogen) atoms. The van der Waals surface area contributed by atoms with Crippen LogP contribution in [0, 0.1) is 0 Å². The highest BCUT2D eigenvalue weighted by molar-refractivity contribution is 5.81. The highest BCUT2D eigenvalue weighted by Crippen LogP contribution is 2.21. The molecule has 134 valence electrons. The van der Waals surface area contributed by atoms with Gasteiger partial charge >= 0.3 is 0 Å². The zero-order valence-corrected chi connectivity index (χ0v) is 15.4. The lowest BCUT2D eigenvalue weighted by Crippen LogP contribution is -2.50. The van der Waals surface area contributed by atoms with E-state index in [0.717, 1.165) is 51.5 Å². The SMILES string of the molecule is CCCN1CCCCC1C(=O)NCCCN(C)C1CCCCC1. The van der Waals surface area contributed by atoms with Gasteiger partial charge in [0.2, 0.25) is 5.91 Å². The second-order valence-electron chi connectivity index (χ2n) is 7.46. The third kappa shape index (κ3) is 6.07. The average molecular weight is 324 g/mol. The molecule has 1 unspecified atom stereocenters. The third-order valence-corrected chi connectivity index (χ3v) is 5.61. The van der Waals surface area contributed by atoms with E-state index in [1.807, 2.05) is 0 Å². The summed E-state index contributed by atoms with van der Waals surface area (Å²) in [6.07, 6.45) is 12.6. The molecule has 0 aromatic heterocycles. The molecule has 0 spiro atoms. The van der Waals surface area contributed by atoms with E-state index in [1.54, 1.807) is 0 Å². The molecular weight excluding hydrogens is 286 g/mol. The predicted octanol–water partition coefficient (Wildman–Crippen LogP) is 3.02. The molecular formula is C19H37N3O. The lowest BCUT2D eigenvalue weighted by atomic mass is 9.94. The fraction of sp³-hybridized carbons (Fsp3) is 0.947. The summed E-state index contributed by atoms with van der Waals surface area (Å²) in [4.78, 5) is 17.4. The van der Waals surface area contributed by atoms with E-state index in [1.165, 1.54) is 44.9 Å². The normalized spacial score (nSPS) is 24.0. The van der Waals surface area contributed by atoms with E-state index in [9.17, 15) is 4.79 Å². The topological polar surface area (TPSA) is 35.6 Å². The minimum absolute atomic E-state index is 0.125. The number of nitrogens with one attached hydrogen (secondary N) is 1. The second-order valence-corrected chi connectivity index (χ2v) is 7.46. The lowest BCUT2D eigenvalue weighted by molar-refractivity contribution is -0.127. The van der Waals surface area contributed by atoms with E-state index in [-0.39, 0.29) is 11.9 Å². The molecule has 1 aliphatic carbocycles. The Morgan fingerprint density at radius 2 is 1.87 bits per heavy atom. The van der Waals surface area contributed by atoms with Crippen molar-refractivity contribution in [2.75, 3.05) is 33.2 Å². The highest BCUT2D eigenvalue weighted by atomic mass is 16.2. The van der Waals surface area contributed by atoms with Crippen molar-refractivity contribution < 1.29 is 4.79 Å². The van der Waals surface area contributed by atoms with Crippen LogP contribution in [-0.2, 0) is 4.79 Å². The molecule has 1 amide bonds. The predicted molar refractivity (Wildman–Crippen MR) is 96.6 cm³/mol. The van der Waals surface area contributed by atoms with Gasteiger partial charge in [-0.25, -0.2) is 0 Å². The zero-order valence-electron chi connectivity index (χ0n) is 15.4. The molecule has 1 aliphatic heterocycles. The summed E-state index contributed by atoms with van der Waals surface area (Å²) in [6, 6.07) is 0.901. The average Bonchev–Trinajstić information content (AvgIpc) is 2.60. The molecule has 4 nitrogen and oxygen atoms in total. The molecule has 1 N–H and O–H groups in total. The van der Waals surface area contributed by atoms with Gasteiger partial charge in [-0.2, -0.15) is 0 Å². The van der Waals surface area contributed by atoms with Crippen LogP contribution in [0.25, 0.3) is 0 Å². The van der Waals surface area contributed by atoms with Crippen LogP contribution in [0.1, 0.15) is 71.1 Å². The van der Waals surface area contributed by atoms with E-state index in [2.05, 4.69) is 29.1 Å². The Bertz CT molecular complexity index is 340. The van der Waals surface area contributed by atoms with Crippen LogP contribution in [0.2, 0.25) is 0 Å². The Morgan fingerprint density at radius 3 is 2.61 bits per heavy atom. The third-order valence-electron chi connectivity index (χ3n) is 5.61. The van der Waals surface area contributed by atoms with Gasteiger partial charge in [0.05, 0.1) is 6.04 Å². The quantitative estimate of drug-likeness (QED) is 0.698. The molecule has 0 bridgehead atoms. The van der Waals surface area contributed by atoms with Crippen LogP contribution in [0.15, 0.2) is 0 Å². The van der Waals surface area contributed by atoms with E-state index in [0.29, 0.717) is 0 Å². The van der Waals surface area contributed by atoms with Crippen molar-refractivity contribution in [3.05, 3.63) is 0 Å². The summed E-state index contributed by atoms with van der Waals surface area (Å²) in [5.74, 6) is 0.262. The monoisotopic (exact) mass is 323 g/mol. The van der Waals surface area contributed by atoms with Crippen molar-refractivity contribution in [2.24, 2.45) is 0 Å². The van der Waals surface area contributed by atoms with Crippen molar-refractivity contribution in [3.63, 3.8) is 0 Å². The first-order valence-electron chi connectivity index (χ1n) is 9.94. The Morgan fingerprint density at radius 1 is 1.13 bits per heavy atom. The summed E-state index contributed by atoms with van der Waals surface area (Å²) in [5, 5.41) is 3.19. The molecule has 2 rings (SSSR count). The first-order valence-corrected chi connectivity index (χ1v) is 9.94. The summed E-state index contributed by atoms with van der Waals surface area (Å²) in [7, 11) is 2.25. The molecule has 0 aromatic carbocycles. The Balaban J connectivity index is 1.63. The Labute approximate surface area is 143 Å². The maximum atomic E-state index is 12.5. The van der Waals surface area contributed by atoms with Crippen molar-refractivity contribution in [3.8, 4) is 0 Å². The first kappa shape index (κ1) is 18.7. The Kier molecular flexibility index (Phi) is 8.38. The smallest absolute Gasteiger partial charge is 0.237 e. The standard InChI is InChI=1S/C19H37N3O/c1-3-14-22-16-8-7-12-18(22)19(23)20-13-9-15-21(2)17-10-5-4-6-11-17/h17-18H,3-16H2,1-2H3,(H,20,23). The number of carbonyl (C=O) groups is 1. The van der Waals surface area contributed by atoms with Crippen molar-refractivity contribution in [1.29, 1.82) is 0 Å². The molecule has 2 aliphatic rings. The molecule has 1 saturated carbocycles. The number of carbonyl (C=O) groups excluding carboxylic acids is 1. The highest BCUT2D eigenvalue weighted by Gasteiger charge is 2.27. The molecule has 1 heterocycles. The van der Waals surface area contributed by atoms with E-state index < -0.39 is 0 Å². The van der Waals surface area contributed by atoms with Gasteiger partial charge in [0.1, 0.15) is 0 Å². The van der Waals surface area contributed by atoms with E-state index >= 15 is 0 Å². The molecule has 0 radical (unpaired) electrons. The van der Waals surface area contributed by atoms with Crippen LogP contribution in [0.4, 0.5) is 0 Å². The number of likely N-dealkylation sites (tertiary alicyclic amines) is 1. The van der Waals surface area contributed by atoms with Gasteiger partial charge in [-0.3, -0.25) is 9.69 Å². The minimum atomic E-state index is 0.125. The summed E-state index contributed by atoms with van der Waals surface area (Å²) < 4.78 is 0. The molecule has 0 aromatic rings. The van der Waals surface area contributed by atoms with Crippen molar-refractivity contribution >= 4 is 5.91 Å². The maximum absolute atomic E-state index is 12.5. The Hall–Kier alpha value is -0.610. The molecule has 2 fully saturated rings. The van der Waals surface area contributed by atoms with Gasteiger partial charge in [-0.05, 0) is 65.2 Å². The van der Waals surface area contributed by atoms with Crippen LogP contribution < -0.4 is 5.32 Å². The largest absolute Gasteiger partial charge is 0.355 e. The number of piperidine rings is 1.